The summed E-state index contributed by atoms with van der Waals surface area (Å²) in [4.78, 5) is 15.1. The molecule has 0 aliphatic heterocycles. The van der Waals surface area contributed by atoms with Crippen LogP contribution in [0.2, 0.25) is 0 Å². The molecular weight excluding hydrogens is 369 g/mol. The highest BCUT2D eigenvalue weighted by atomic mass is 32.2. The van der Waals surface area contributed by atoms with E-state index >= 15 is 0 Å². The highest BCUT2D eigenvalue weighted by molar-refractivity contribution is 7.92. The van der Waals surface area contributed by atoms with Gasteiger partial charge in [0.1, 0.15) is 5.82 Å². The lowest BCUT2D eigenvalue weighted by Gasteiger charge is -2.27. The van der Waals surface area contributed by atoms with Gasteiger partial charge in [0.2, 0.25) is 0 Å². The van der Waals surface area contributed by atoms with Gasteiger partial charge in [-0.05, 0) is 61.1 Å². The molecule has 5 nitrogen and oxygen atoms in total. The number of hydrogen-bond acceptors (Lipinski definition) is 3. The molecule has 7 heteroatoms. The van der Waals surface area contributed by atoms with Crippen LogP contribution in [0.4, 0.5) is 4.39 Å². The number of carboxylic acid groups (broad SMARTS) is 1. The number of aliphatic carboxylic acids is 1. The molecule has 2 atom stereocenters. The summed E-state index contributed by atoms with van der Waals surface area (Å²) in [6.07, 6.45) is 1.23. The normalized spacial score (nSPS) is 18.2. The molecule has 0 spiro atoms. The average Bonchev–Trinajstić information content (AvgIpc) is 2.99. The van der Waals surface area contributed by atoms with Gasteiger partial charge in [-0.3, -0.25) is 4.79 Å². The number of sulfone groups is 1. The summed E-state index contributed by atoms with van der Waals surface area (Å²) >= 11 is 0. The zero-order chi connectivity index (χ0) is 19.2. The first-order valence-corrected chi connectivity index (χ1v) is 10.2. The third-order valence-corrected chi connectivity index (χ3v) is 7.45. The van der Waals surface area contributed by atoms with E-state index in [9.17, 15) is 22.7 Å². The highest BCUT2D eigenvalue weighted by Crippen LogP contribution is 2.36. The van der Waals surface area contributed by atoms with Crippen molar-refractivity contribution in [2.45, 2.75) is 29.4 Å². The first-order chi connectivity index (χ1) is 12.9. The molecule has 0 radical (unpaired) electrons. The van der Waals surface area contributed by atoms with Crippen LogP contribution in [0.1, 0.15) is 17.7 Å². The van der Waals surface area contributed by atoms with E-state index in [1.54, 1.807) is 24.3 Å². The second-order valence-corrected chi connectivity index (χ2v) is 8.96. The number of benzene rings is 2. The van der Waals surface area contributed by atoms with Gasteiger partial charge in [-0.15, -0.1) is 0 Å². The van der Waals surface area contributed by atoms with E-state index in [2.05, 4.69) is 4.98 Å². The molecule has 1 heterocycles. The fourth-order valence-corrected chi connectivity index (χ4v) is 5.87. The molecule has 0 bridgehead atoms. The number of hydrogen-bond donors (Lipinski definition) is 2. The number of aromatic nitrogens is 1. The smallest absolute Gasteiger partial charge is 0.322 e. The van der Waals surface area contributed by atoms with Crippen LogP contribution >= 0.6 is 0 Å². The van der Waals surface area contributed by atoms with Gasteiger partial charge in [0.25, 0.3) is 0 Å². The maximum Gasteiger partial charge on any atom is 0.322 e. The second kappa shape index (κ2) is 6.49. The van der Waals surface area contributed by atoms with Gasteiger partial charge >= 0.3 is 5.97 Å². The largest absolute Gasteiger partial charge is 0.480 e. The summed E-state index contributed by atoms with van der Waals surface area (Å²) in [6.45, 7) is 0. The Hall–Kier alpha value is -2.67. The van der Waals surface area contributed by atoms with Crippen LogP contribution in [0.15, 0.2) is 53.4 Å². The molecule has 1 aliphatic carbocycles. The van der Waals surface area contributed by atoms with E-state index in [4.69, 9.17) is 0 Å². The zero-order valence-corrected chi connectivity index (χ0v) is 15.2. The molecule has 1 aliphatic rings. The van der Waals surface area contributed by atoms with Crippen LogP contribution in [0.3, 0.4) is 0 Å². The summed E-state index contributed by atoms with van der Waals surface area (Å²) in [5, 5.41) is 8.97. The van der Waals surface area contributed by atoms with E-state index in [0.717, 1.165) is 22.2 Å². The third kappa shape index (κ3) is 3.02. The summed E-state index contributed by atoms with van der Waals surface area (Å²) < 4.78 is 39.5. The van der Waals surface area contributed by atoms with Crippen molar-refractivity contribution in [2.24, 2.45) is 5.92 Å². The number of aromatic amines is 1. The van der Waals surface area contributed by atoms with Crippen molar-refractivity contribution >= 4 is 26.7 Å². The van der Waals surface area contributed by atoms with Crippen molar-refractivity contribution in [2.75, 3.05) is 0 Å². The van der Waals surface area contributed by atoms with Crippen molar-refractivity contribution < 1.29 is 22.7 Å². The molecule has 2 unspecified atom stereocenters. The van der Waals surface area contributed by atoms with E-state index in [1.165, 1.54) is 24.3 Å². The SMILES string of the molecule is O=C(O)C(C1CCc2c([nH]c3ccc(F)cc23)C1)S(=O)(=O)c1ccccc1. The first kappa shape index (κ1) is 17.7. The van der Waals surface area contributed by atoms with Gasteiger partial charge < -0.3 is 10.1 Å². The zero-order valence-electron chi connectivity index (χ0n) is 14.4. The van der Waals surface area contributed by atoms with E-state index in [1.807, 2.05) is 0 Å². The number of carboxylic acids is 1. The molecule has 3 aromatic rings. The first-order valence-electron chi connectivity index (χ1n) is 8.68. The lowest BCUT2D eigenvalue weighted by atomic mass is 9.84. The van der Waals surface area contributed by atoms with Gasteiger partial charge in [0, 0.05) is 16.6 Å². The van der Waals surface area contributed by atoms with E-state index < -0.39 is 27.0 Å². The van der Waals surface area contributed by atoms with Crippen LogP contribution in [-0.2, 0) is 27.5 Å². The van der Waals surface area contributed by atoms with Gasteiger partial charge in [-0.1, -0.05) is 18.2 Å². The average molecular weight is 387 g/mol. The number of aryl methyl sites for hydroxylation is 1. The molecule has 0 saturated carbocycles. The monoisotopic (exact) mass is 387 g/mol. The van der Waals surface area contributed by atoms with Gasteiger partial charge in [-0.25, -0.2) is 12.8 Å². The molecule has 0 saturated heterocycles. The van der Waals surface area contributed by atoms with Gasteiger partial charge in [-0.2, -0.15) is 0 Å². The Morgan fingerprint density at radius 1 is 1.19 bits per heavy atom. The van der Waals surface area contributed by atoms with Crippen molar-refractivity contribution in [1.29, 1.82) is 0 Å². The molecule has 0 amide bonds. The molecule has 4 rings (SSSR count). The van der Waals surface area contributed by atoms with Crippen molar-refractivity contribution in [1.82, 2.24) is 4.98 Å². The number of rotatable bonds is 4. The van der Waals surface area contributed by atoms with Crippen molar-refractivity contribution in [3.63, 3.8) is 0 Å². The summed E-state index contributed by atoms with van der Waals surface area (Å²) in [6, 6.07) is 12.2. The van der Waals surface area contributed by atoms with Crippen LogP contribution < -0.4 is 0 Å². The van der Waals surface area contributed by atoms with E-state index in [0.29, 0.717) is 19.3 Å². The summed E-state index contributed by atoms with van der Waals surface area (Å²) in [7, 11) is -4.01. The van der Waals surface area contributed by atoms with Gasteiger partial charge in [0.15, 0.2) is 15.1 Å². The minimum absolute atomic E-state index is 0.0157. The Morgan fingerprint density at radius 3 is 2.63 bits per heavy atom. The topological polar surface area (TPSA) is 87.2 Å². The molecule has 1 aromatic heterocycles. The fraction of sp³-hybridized carbons (Fsp3) is 0.250. The third-order valence-electron chi connectivity index (χ3n) is 5.27. The summed E-state index contributed by atoms with van der Waals surface area (Å²) in [5.41, 5.74) is 2.52. The quantitative estimate of drug-likeness (QED) is 0.719. The lowest BCUT2D eigenvalue weighted by molar-refractivity contribution is -0.137. The Morgan fingerprint density at radius 2 is 1.93 bits per heavy atom. The highest BCUT2D eigenvalue weighted by Gasteiger charge is 2.42. The van der Waals surface area contributed by atoms with Crippen LogP contribution in [0.5, 0.6) is 0 Å². The Kier molecular flexibility index (Phi) is 4.26. The number of carbonyl (C=O) groups is 1. The molecule has 27 heavy (non-hydrogen) atoms. The van der Waals surface area contributed by atoms with E-state index in [-0.39, 0.29) is 10.7 Å². The minimum Gasteiger partial charge on any atom is -0.480 e. The van der Waals surface area contributed by atoms with Crippen molar-refractivity contribution in [3.05, 3.63) is 65.6 Å². The van der Waals surface area contributed by atoms with Crippen molar-refractivity contribution in [3.8, 4) is 0 Å². The second-order valence-electron chi connectivity index (χ2n) is 6.89. The predicted molar refractivity (Wildman–Crippen MR) is 98.8 cm³/mol. The van der Waals surface area contributed by atoms with Gasteiger partial charge in [0.05, 0.1) is 4.90 Å². The van der Waals surface area contributed by atoms with Crippen LogP contribution in [-0.4, -0.2) is 29.7 Å². The maximum atomic E-state index is 13.6. The lowest BCUT2D eigenvalue weighted by Crippen LogP contribution is -2.40. The maximum absolute atomic E-state index is 13.6. The number of fused-ring (bicyclic) bond motifs is 3. The molecule has 140 valence electrons. The number of halogens is 1. The van der Waals surface area contributed by atoms with Crippen LogP contribution in [0, 0.1) is 11.7 Å². The van der Waals surface area contributed by atoms with Crippen LogP contribution in [0.25, 0.3) is 10.9 Å². The fourth-order valence-electron chi connectivity index (χ4n) is 4.03. The molecule has 2 N–H and O–H groups in total. The standard InChI is InChI=1S/C20H18FNO4S/c21-13-7-9-17-16(11-13)15-8-6-12(10-18(15)22-17)19(20(23)24)27(25,26)14-4-2-1-3-5-14/h1-5,7,9,11-12,19,22H,6,8,10H2,(H,23,24). The molecule has 2 aromatic carbocycles. The predicted octanol–water partition coefficient (Wildman–Crippen LogP) is 3.34. The number of nitrogens with one attached hydrogen (secondary N) is 1. The summed E-state index contributed by atoms with van der Waals surface area (Å²) in [5.74, 6) is -2.23. The Bertz CT molecular complexity index is 1120. The molecular formula is C20H18FNO4S. The molecule has 0 fully saturated rings. The number of H-pyrrole nitrogens is 1. The Balaban J connectivity index is 1.72. The Labute approximate surface area is 155 Å². The minimum atomic E-state index is -4.01.